The summed E-state index contributed by atoms with van der Waals surface area (Å²) >= 11 is -1.22. The number of nitrogens with zero attached hydrogens (tertiary/aromatic N) is 2. The third-order valence-electron chi connectivity index (χ3n) is 5.12. The van der Waals surface area contributed by atoms with Gasteiger partial charge in [0.15, 0.2) is 5.78 Å². The SMILES string of the molecule is Cc1c(C(=O)c2ccccc2)c2ccccc2n1C(C)C[S+]([O-])c1ccccn1. The number of benzene rings is 2. The van der Waals surface area contributed by atoms with Crippen molar-refractivity contribution in [3.05, 3.63) is 95.8 Å². The zero-order chi connectivity index (χ0) is 20.4. The van der Waals surface area contributed by atoms with Gasteiger partial charge in [0.25, 0.3) is 0 Å². The van der Waals surface area contributed by atoms with Crippen LogP contribution in [0.15, 0.2) is 84.0 Å². The average molecular weight is 403 g/mol. The number of fused-ring (bicyclic) bond motifs is 1. The molecule has 0 aliphatic rings. The molecule has 2 aromatic heterocycles. The summed E-state index contributed by atoms with van der Waals surface area (Å²) in [6.45, 7) is 4.01. The lowest BCUT2D eigenvalue weighted by atomic mass is 10.0. The molecule has 146 valence electrons. The second-order valence-corrected chi connectivity index (χ2v) is 8.51. The number of hydrogen-bond acceptors (Lipinski definition) is 3. The predicted octanol–water partition coefficient (Wildman–Crippen LogP) is 4.94. The van der Waals surface area contributed by atoms with E-state index < -0.39 is 11.2 Å². The summed E-state index contributed by atoms with van der Waals surface area (Å²) in [7, 11) is 0. The zero-order valence-electron chi connectivity index (χ0n) is 16.4. The zero-order valence-corrected chi connectivity index (χ0v) is 17.2. The minimum atomic E-state index is -1.22. The Morgan fingerprint density at radius 1 is 1.03 bits per heavy atom. The van der Waals surface area contributed by atoms with Gasteiger partial charge < -0.3 is 9.12 Å². The Morgan fingerprint density at radius 3 is 2.45 bits per heavy atom. The summed E-state index contributed by atoms with van der Waals surface area (Å²) in [4.78, 5) is 17.5. The molecule has 0 bridgehead atoms. The van der Waals surface area contributed by atoms with Gasteiger partial charge in [-0.15, -0.1) is 0 Å². The van der Waals surface area contributed by atoms with Gasteiger partial charge in [-0.1, -0.05) is 54.6 Å². The molecule has 0 saturated carbocycles. The molecule has 0 saturated heterocycles. The predicted molar refractivity (Wildman–Crippen MR) is 117 cm³/mol. The lowest BCUT2D eigenvalue weighted by Crippen LogP contribution is -2.19. The van der Waals surface area contributed by atoms with Crippen molar-refractivity contribution in [3.8, 4) is 0 Å². The monoisotopic (exact) mass is 402 g/mol. The van der Waals surface area contributed by atoms with Crippen LogP contribution in [0.3, 0.4) is 0 Å². The van der Waals surface area contributed by atoms with Crippen molar-refractivity contribution in [3.63, 3.8) is 0 Å². The first-order valence-electron chi connectivity index (χ1n) is 9.56. The first-order chi connectivity index (χ1) is 14.1. The fourth-order valence-corrected chi connectivity index (χ4v) is 5.01. The van der Waals surface area contributed by atoms with Gasteiger partial charge in [0.1, 0.15) is 5.75 Å². The molecule has 0 aliphatic carbocycles. The fourth-order valence-electron chi connectivity index (χ4n) is 3.84. The molecule has 0 N–H and O–H groups in total. The van der Waals surface area contributed by atoms with Gasteiger partial charge in [-0.05, 0) is 26.0 Å². The van der Waals surface area contributed by atoms with Crippen LogP contribution >= 0.6 is 0 Å². The smallest absolute Gasteiger partial charge is 0.244 e. The molecule has 0 aliphatic heterocycles. The van der Waals surface area contributed by atoms with Crippen LogP contribution in [0.1, 0.15) is 34.6 Å². The van der Waals surface area contributed by atoms with E-state index in [1.807, 2.05) is 80.6 Å². The lowest BCUT2D eigenvalue weighted by Gasteiger charge is -2.19. The van der Waals surface area contributed by atoms with Crippen LogP contribution in [0.25, 0.3) is 10.9 Å². The number of ketones is 1. The highest BCUT2D eigenvalue weighted by atomic mass is 32.2. The van der Waals surface area contributed by atoms with Crippen molar-refractivity contribution in [1.82, 2.24) is 9.55 Å². The second-order valence-electron chi connectivity index (χ2n) is 7.07. The standard InChI is InChI=1S/C24H22N2O2S/c1-17(16-29(28)22-14-8-9-15-25-22)26-18(2)23(20-12-6-7-13-21(20)26)24(27)19-10-4-3-5-11-19/h3-15,17H,16H2,1-2H3. The molecule has 0 spiro atoms. The molecule has 2 unspecified atom stereocenters. The Bertz CT molecular complexity index is 1140. The van der Waals surface area contributed by atoms with Crippen LogP contribution in [-0.4, -0.2) is 25.6 Å². The molecular formula is C24H22N2O2S. The summed E-state index contributed by atoms with van der Waals surface area (Å²) in [6, 6.07) is 22.6. The van der Waals surface area contributed by atoms with Crippen LogP contribution in [0.4, 0.5) is 0 Å². The minimum Gasteiger partial charge on any atom is -0.610 e. The van der Waals surface area contributed by atoms with Crippen LogP contribution in [0.2, 0.25) is 0 Å². The van der Waals surface area contributed by atoms with Gasteiger partial charge in [0, 0.05) is 45.6 Å². The molecular weight excluding hydrogens is 380 g/mol. The van der Waals surface area contributed by atoms with E-state index in [2.05, 4.69) is 9.55 Å². The molecule has 2 heterocycles. The van der Waals surface area contributed by atoms with Gasteiger partial charge in [0.05, 0.1) is 11.6 Å². The molecule has 2 aromatic carbocycles. The number of pyridine rings is 1. The highest BCUT2D eigenvalue weighted by molar-refractivity contribution is 7.91. The first kappa shape index (κ1) is 19.4. The number of para-hydroxylation sites is 1. The van der Waals surface area contributed by atoms with Gasteiger partial charge in [-0.25, -0.2) is 4.98 Å². The fraction of sp³-hybridized carbons (Fsp3) is 0.167. The molecule has 0 radical (unpaired) electrons. The van der Waals surface area contributed by atoms with E-state index in [4.69, 9.17) is 0 Å². The summed E-state index contributed by atoms with van der Waals surface area (Å²) < 4.78 is 14.9. The van der Waals surface area contributed by atoms with Crippen LogP contribution < -0.4 is 0 Å². The van der Waals surface area contributed by atoms with Crippen molar-refractivity contribution in [2.45, 2.75) is 24.9 Å². The van der Waals surface area contributed by atoms with Crippen LogP contribution in [0.5, 0.6) is 0 Å². The van der Waals surface area contributed by atoms with E-state index in [1.54, 1.807) is 12.3 Å². The number of hydrogen-bond donors (Lipinski definition) is 0. The van der Waals surface area contributed by atoms with E-state index in [9.17, 15) is 9.35 Å². The van der Waals surface area contributed by atoms with Crippen molar-refractivity contribution < 1.29 is 9.35 Å². The molecule has 29 heavy (non-hydrogen) atoms. The maximum Gasteiger partial charge on any atom is 0.244 e. The summed E-state index contributed by atoms with van der Waals surface area (Å²) in [5.74, 6) is 0.436. The Balaban J connectivity index is 1.75. The average Bonchev–Trinajstić information content (AvgIpc) is 3.06. The second kappa shape index (κ2) is 8.23. The normalized spacial score (nSPS) is 13.3. The van der Waals surface area contributed by atoms with E-state index >= 15 is 0 Å². The number of carbonyl (C=O) groups excluding carboxylic acids is 1. The molecule has 2 atom stereocenters. The van der Waals surface area contributed by atoms with E-state index in [1.165, 1.54) is 0 Å². The number of aromatic nitrogens is 2. The summed E-state index contributed by atoms with van der Waals surface area (Å²) in [6.07, 6.45) is 1.66. The highest BCUT2D eigenvalue weighted by Crippen LogP contribution is 2.31. The largest absolute Gasteiger partial charge is 0.610 e. The topological polar surface area (TPSA) is 58.0 Å². The Hall–Kier alpha value is -2.89. The Morgan fingerprint density at radius 2 is 1.72 bits per heavy atom. The molecule has 0 amide bonds. The minimum absolute atomic E-state index is 0.0103. The third kappa shape index (κ3) is 3.71. The Kier molecular flexibility index (Phi) is 5.51. The third-order valence-corrected chi connectivity index (χ3v) is 6.62. The lowest BCUT2D eigenvalue weighted by molar-refractivity contribution is 0.103. The number of carbonyl (C=O) groups is 1. The maximum absolute atomic E-state index is 13.3. The van der Waals surface area contributed by atoms with Crippen molar-refractivity contribution >= 4 is 27.9 Å². The van der Waals surface area contributed by atoms with Crippen molar-refractivity contribution in [2.75, 3.05) is 5.75 Å². The number of rotatable bonds is 6. The van der Waals surface area contributed by atoms with Gasteiger partial charge >= 0.3 is 0 Å². The van der Waals surface area contributed by atoms with E-state index in [0.717, 1.165) is 16.6 Å². The molecule has 0 fully saturated rings. The summed E-state index contributed by atoms with van der Waals surface area (Å²) in [5, 5.41) is 1.50. The molecule has 4 rings (SSSR count). The van der Waals surface area contributed by atoms with E-state index in [0.29, 0.717) is 21.9 Å². The van der Waals surface area contributed by atoms with Gasteiger partial charge in [0.2, 0.25) is 5.03 Å². The molecule has 4 nitrogen and oxygen atoms in total. The molecule has 4 aromatic rings. The van der Waals surface area contributed by atoms with Gasteiger partial charge in [-0.2, -0.15) is 0 Å². The Labute approximate surface area is 173 Å². The van der Waals surface area contributed by atoms with Crippen molar-refractivity contribution in [1.29, 1.82) is 0 Å². The summed E-state index contributed by atoms with van der Waals surface area (Å²) in [5.41, 5.74) is 3.26. The van der Waals surface area contributed by atoms with E-state index in [-0.39, 0.29) is 11.8 Å². The maximum atomic E-state index is 13.3. The van der Waals surface area contributed by atoms with Gasteiger partial charge in [-0.3, -0.25) is 4.79 Å². The molecule has 5 heteroatoms. The first-order valence-corrected chi connectivity index (χ1v) is 10.9. The highest BCUT2D eigenvalue weighted by Gasteiger charge is 2.26. The quantitative estimate of drug-likeness (QED) is 0.339. The van der Waals surface area contributed by atoms with Crippen LogP contribution in [0, 0.1) is 6.92 Å². The van der Waals surface area contributed by atoms with Crippen molar-refractivity contribution in [2.24, 2.45) is 0 Å². The van der Waals surface area contributed by atoms with Crippen LogP contribution in [-0.2, 0) is 11.2 Å².